The number of rotatable bonds is 9. The molecule has 16 nitrogen and oxygen atoms in total. The van der Waals surface area contributed by atoms with E-state index in [0.29, 0.717) is 40.7 Å². The number of ether oxygens (including phenoxy) is 3. The summed E-state index contributed by atoms with van der Waals surface area (Å²) in [7, 11) is 7.58. The Morgan fingerprint density at radius 2 is 1.23 bits per heavy atom. The molecule has 6 atom stereocenters. The zero-order valence-electron chi connectivity index (χ0n) is 39.9. The number of fused-ring (bicyclic) bond motifs is 2. The zero-order chi connectivity index (χ0) is 47.9. The Kier molecular flexibility index (Phi) is 16.6. The molecule has 6 amide bonds. The molecule has 0 spiro atoms. The fourth-order valence-corrected chi connectivity index (χ4v) is 8.63. The predicted molar refractivity (Wildman–Crippen MR) is 247 cm³/mol. The smallest absolute Gasteiger partial charge is 0.246 e. The van der Waals surface area contributed by atoms with Crippen LogP contribution >= 0.6 is 0 Å². The van der Waals surface area contributed by atoms with Gasteiger partial charge < -0.3 is 44.4 Å². The van der Waals surface area contributed by atoms with Gasteiger partial charge in [0.1, 0.15) is 47.8 Å². The zero-order valence-corrected chi connectivity index (χ0v) is 39.9. The molecule has 1 saturated heterocycles. The first kappa shape index (κ1) is 49.8. The first-order chi connectivity index (χ1) is 30.7. The minimum atomic E-state index is -1.18. The molecule has 3 aromatic carbocycles. The monoisotopic (exact) mass is 898 g/mol. The van der Waals surface area contributed by atoms with Crippen molar-refractivity contribution < 1.29 is 43.0 Å². The van der Waals surface area contributed by atoms with E-state index in [1.807, 2.05) is 0 Å². The fourth-order valence-electron chi connectivity index (χ4n) is 8.63. The van der Waals surface area contributed by atoms with Gasteiger partial charge in [-0.1, -0.05) is 30.3 Å². The van der Waals surface area contributed by atoms with E-state index in [9.17, 15) is 28.8 Å². The second-order valence-corrected chi connectivity index (χ2v) is 17.7. The van der Waals surface area contributed by atoms with Gasteiger partial charge in [0, 0.05) is 65.6 Å². The van der Waals surface area contributed by atoms with Crippen LogP contribution < -0.4 is 24.8 Å². The maximum absolute atomic E-state index is 15.0. The third-order valence-electron chi connectivity index (χ3n) is 12.7. The third-order valence-corrected chi connectivity index (χ3v) is 12.7. The number of methoxy groups -OCH3 is 2. The van der Waals surface area contributed by atoms with Gasteiger partial charge in [-0.2, -0.15) is 0 Å². The summed E-state index contributed by atoms with van der Waals surface area (Å²) in [6.45, 7) is 13.5. The number of benzene rings is 3. The lowest BCUT2D eigenvalue weighted by molar-refractivity contribution is -0.152. The van der Waals surface area contributed by atoms with Crippen LogP contribution in [-0.2, 0) is 48.0 Å². The summed E-state index contributed by atoms with van der Waals surface area (Å²) in [6.07, 6.45) is 0.123. The number of carbonyl (C=O) groups is 6. The quantitative estimate of drug-likeness (QED) is 0.323. The molecular weight excluding hydrogens is 831 g/mol. The van der Waals surface area contributed by atoms with E-state index in [1.54, 1.807) is 87.7 Å². The highest BCUT2D eigenvalue weighted by Crippen LogP contribution is 2.34. The minimum absolute atomic E-state index is 0.000477. The number of nitrogens with zero attached hydrogens (tertiary/aromatic N) is 5. The van der Waals surface area contributed by atoms with Gasteiger partial charge in [-0.15, -0.1) is 0 Å². The number of nitrogens with one attached hydrogen (secondary N) is 2. The first-order valence-corrected chi connectivity index (χ1v) is 22.3. The maximum atomic E-state index is 15.0. The van der Waals surface area contributed by atoms with Gasteiger partial charge in [-0.3, -0.25) is 33.7 Å². The highest BCUT2D eigenvalue weighted by molar-refractivity contribution is 5.98. The molecule has 0 aliphatic carbocycles. The van der Waals surface area contributed by atoms with Gasteiger partial charge in [-0.05, 0) is 102 Å². The summed E-state index contributed by atoms with van der Waals surface area (Å²) in [5.74, 6) is -1.40. The second-order valence-electron chi connectivity index (χ2n) is 17.7. The van der Waals surface area contributed by atoms with Crippen molar-refractivity contribution in [3.63, 3.8) is 0 Å². The molecule has 3 aromatic rings. The van der Waals surface area contributed by atoms with E-state index in [-0.39, 0.29) is 37.9 Å². The molecule has 0 aromatic heterocycles. The standard InChI is InChI=1S/C49H67N7O9/c1-29(2)55(30(3)4)23-24-56-33(7)48(61)52(8)39(25-34-13-18-37(63-11)19-14-34)44(57)50-31(5)46(59)54(10)41-26-35-15-20-38(21-16-35)65-43-28-36(17-22-42(43)64-12)27-40(53(9)49(41)62)45(58)51-32(6)47(56)60/h13-22,28-33,39-41H,23-27H2,1-12H3,(H,50,57)(H,51,58)/t31-,32+,33-,39-,40-,41-/m0/s1. The Morgan fingerprint density at radius 3 is 1.83 bits per heavy atom. The molecule has 0 saturated carbocycles. The molecule has 0 unspecified atom stereocenters. The van der Waals surface area contributed by atoms with Gasteiger partial charge in [0.2, 0.25) is 35.4 Å². The molecular formula is C49H67N7O9. The van der Waals surface area contributed by atoms with E-state index in [4.69, 9.17) is 14.2 Å². The summed E-state index contributed by atoms with van der Waals surface area (Å²) < 4.78 is 17.2. The Balaban J connectivity index is 1.65. The van der Waals surface area contributed by atoms with Crippen LogP contribution in [-0.4, -0.2) is 157 Å². The average Bonchev–Trinajstić information content (AvgIpc) is 3.28. The Hall–Kier alpha value is -6.16. The lowest BCUT2D eigenvalue weighted by Crippen LogP contribution is -2.62. The first-order valence-electron chi connectivity index (χ1n) is 22.3. The van der Waals surface area contributed by atoms with Crippen molar-refractivity contribution in [2.45, 2.75) is 116 Å². The van der Waals surface area contributed by atoms with Crippen molar-refractivity contribution in [1.82, 2.24) is 35.1 Å². The predicted octanol–water partition coefficient (Wildman–Crippen LogP) is 3.68. The van der Waals surface area contributed by atoms with Crippen LogP contribution in [0, 0.1) is 0 Å². The summed E-state index contributed by atoms with van der Waals surface area (Å²) in [4.78, 5) is 95.8. The van der Waals surface area contributed by atoms with Crippen LogP contribution in [0.25, 0.3) is 0 Å². The van der Waals surface area contributed by atoms with Crippen molar-refractivity contribution in [2.75, 3.05) is 48.5 Å². The van der Waals surface area contributed by atoms with Crippen LogP contribution in [0.2, 0.25) is 0 Å². The molecule has 0 radical (unpaired) electrons. The molecule has 3 aliphatic rings. The maximum Gasteiger partial charge on any atom is 0.246 e. The van der Waals surface area contributed by atoms with Crippen molar-refractivity contribution in [1.29, 1.82) is 0 Å². The Bertz CT molecular complexity index is 2170. The van der Waals surface area contributed by atoms with Crippen LogP contribution in [0.1, 0.15) is 65.2 Å². The summed E-state index contributed by atoms with van der Waals surface area (Å²) >= 11 is 0. The molecule has 6 bridgehead atoms. The van der Waals surface area contributed by atoms with Crippen molar-refractivity contribution >= 4 is 35.4 Å². The van der Waals surface area contributed by atoms with E-state index >= 15 is 0 Å². The highest BCUT2D eigenvalue weighted by atomic mass is 16.5. The van der Waals surface area contributed by atoms with Crippen molar-refractivity contribution in [2.24, 2.45) is 0 Å². The number of hydrogen-bond acceptors (Lipinski definition) is 10. The second kappa shape index (κ2) is 21.7. The van der Waals surface area contributed by atoms with E-state index < -0.39 is 71.7 Å². The molecule has 1 fully saturated rings. The van der Waals surface area contributed by atoms with Crippen LogP contribution in [0.15, 0.2) is 66.7 Å². The van der Waals surface area contributed by atoms with Gasteiger partial charge in [0.05, 0.1) is 14.2 Å². The van der Waals surface area contributed by atoms with Gasteiger partial charge in [0.25, 0.3) is 0 Å². The lowest BCUT2D eigenvalue weighted by atomic mass is 9.98. The molecule has 3 aliphatic heterocycles. The van der Waals surface area contributed by atoms with Crippen LogP contribution in [0.4, 0.5) is 0 Å². The average molecular weight is 898 g/mol. The van der Waals surface area contributed by atoms with E-state index in [0.717, 1.165) is 5.56 Å². The lowest BCUT2D eigenvalue weighted by Gasteiger charge is -2.39. The highest BCUT2D eigenvalue weighted by Gasteiger charge is 2.41. The topological polar surface area (TPSA) is 170 Å². The molecule has 16 heteroatoms. The molecule has 65 heavy (non-hydrogen) atoms. The van der Waals surface area contributed by atoms with E-state index in [1.165, 1.54) is 54.8 Å². The molecule has 3 heterocycles. The van der Waals surface area contributed by atoms with Gasteiger partial charge in [0.15, 0.2) is 11.5 Å². The Labute approximate surface area is 383 Å². The van der Waals surface area contributed by atoms with Crippen LogP contribution in [0.5, 0.6) is 23.0 Å². The number of likely N-dealkylation sites (N-methyl/N-ethyl adjacent to an activating group) is 3. The summed E-state index contributed by atoms with van der Waals surface area (Å²) in [5.41, 5.74) is 2.04. The SMILES string of the molecule is COc1ccc(C[C@H]2C(=O)N[C@@H](C)C(=O)N(C)[C@H]3Cc4ccc(cc4)Oc4cc(ccc4OC)C[C@@H](C(=O)N[C@H](C)C(=O)N(CCN(C(C)C)C(C)C)[C@@H](C)C(=O)N2C)N(C)C3=O)cc1. The summed E-state index contributed by atoms with van der Waals surface area (Å²) in [6, 6.07) is 12.8. The van der Waals surface area contributed by atoms with Crippen molar-refractivity contribution in [3.05, 3.63) is 83.4 Å². The van der Waals surface area contributed by atoms with Gasteiger partial charge >= 0.3 is 0 Å². The largest absolute Gasteiger partial charge is 0.497 e. The van der Waals surface area contributed by atoms with Crippen LogP contribution in [0.3, 0.4) is 0 Å². The molecule has 352 valence electrons. The van der Waals surface area contributed by atoms with E-state index in [2.05, 4.69) is 43.2 Å². The molecule has 2 N–H and O–H groups in total. The Morgan fingerprint density at radius 1 is 0.662 bits per heavy atom. The number of amides is 6. The number of carbonyl (C=O) groups excluding carboxylic acids is 6. The third kappa shape index (κ3) is 11.8. The van der Waals surface area contributed by atoms with Crippen molar-refractivity contribution in [3.8, 4) is 23.0 Å². The number of hydrogen-bond donors (Lipinski definition) is 2. The fraction of sp³-hybridized carbons (Fsp3) is 0.510. The minimum Gasteiger partial charge on any atom is -0.497 e. The summed E-state index contributed by atoms with van der Waals surface area (Å²) in [5, 5.41) is 5.74. The van der Waals surface area contributed by atoms with Gasteiger partial charge in [-0.25, -0.2) is 0 Å². The normalized spacial score (nSPS) is 23.1. The molecule has 6 rings (SSSR count).